The molecule has 4 aliphatic rings. The second kappa shape index (κ2) is 7.92. The van der Waals surface area contributed by atoms with Crippen molar-refractivity contribution in [3.05, 3.63) is 35.8 Å². The topological polar surface area (TPSA) is 122 Å². The summed E-state index contributed by atoms with van der Waals surface area (Å²) >= 11 is 0. The van der Waals surface area contributed by atoms with Gasteiger partial charge < -0.3 is 28.5 Å². The summed E-state index contributed by atoms with van der Waals surface area (Å²) in [6.45, 7) is 10.3. The monoisotopic (exact) mass is 502 g/mol. The Labute approximate surface area is 210 Å². The van der Waals surface area contributed by atoms with Crippen LogP contribution < -0.4 is 0 Å². The van der Waals surface area contributed by atoms with Gasteiger partial charge in [0.05, 0.1) is 18.1 Å². The number of rotatable bonds is 4. The number of carbonyl (C=O) groups is 3. The van der Waals surface area contributed by atoms with Gasteiger partial charge in [0, 0.05) is 41.2 Å². The minimum atomic E-state index is -1.27. The van der Waals surface area contributed by atoms with Crippen molar-refractivity contribution in [2.75, 3.05) is 0 Å². The van der Waals surface area contributed by atoms with Gasteiger partial charge in [-0.05, 0) is 32.8 Å². The molecule has 0 radical (unpaired) electrons. The second-order valence-electron chi connectivity index (χ2n) is 11.2. The van der Waals surface area contributed by atoms with E-state index in [1.165, 1.54) is 13.2 Å². The normalized spacial score (nSPS) is 45.5. The van der Waals surface area contributed by atoms with Crippen LogP contribution in [0.1, 0.15) is 72.5 Å². The Balaban J connectivity index is 1.72. The number of aliphatic hydroxyl groups is 1. The van der Waals surface area contributed by atoms with E-state index in [1.54, 1.807) is 32.3 Å². The molecule has 4 fully saturated rings. The largest absolute Gasteiger partial charge is 0.472 e. The van der Waals surface area contributed by atoms with E-state index in [0.717, 1.165) is 0 Å². The molecule has 1 spiro atoms. The molecule has 36 heavy (non-hydrogen) atoms. The quantitative estimate of drug-likeness (QED) is 0.374. The molecule has 2 bridgehead atoms. The molecule has 0 aromatic carbocycles. The van der Waals surface area contributed by atoms with E-state index < -0.39 is 70.3 Å². The van der Waals surface area contributed by atoms with Crippen molar-refractivity contribution >= 4 is 17.9 Å². The van der Waals surface area contributed by atoms with Crippen molar-refractivity contribution in [3.63, 3.8) is 0 Å². The van der Waals surface area contributed by atoms with Crippen LogP contribution in [0.4, 0.5) is 0 Å². The molecule has 9 atom stereocenters. The summed E-state index contributed by atoms with van der Waals surface area (Å²) in [6.07, 6.45) is 2.22. The van der Waals surface area contributed by atoms with Crippen molar-refractivity contribution in [2.24, 2.45) is 22.2 Å². The first-order chi connectivity index (χ1) is 16.9. The van der Waals surface area contributed by atoms with Gasteiger partial charge in [-0.25, -0.2) is 4.79 Å². The molecule has 3 heterocycles. The summed E-state index contributed by atoms with van der Waals surface area (Å²) in [5, 5.41) is 11.2. The smallest absolute Gasteiger partial charge is 0.333 e. The van der Waals surface area contributed by atoms with Crippen molar-refractivity contribution in [3.8, 4) is 0 Å². The Morgan fingerprint density at radius 3 is 2.50 bits per heavy atom. The molecule has 2 aliphatic carbocycles. The maximum atomic E-state index is 14.0. The number of hydrogen-bond donors (Lipinski definition) is 1. The summed E-state index contributed by atoms with van der Waals surface area (Å²) in [5.41, 5.74) is -3.30. The highest BCUT2D eigenvalue weighted by atomic mass is 16.6. The molecule has 0 amide bonds. The van der Waals surface area contributed by atoms with Crippen LogP contribution in [0.15, 0.2) is 34.7 Å². The van der Waals surface area contributed by atoms with Crippen LogP contribution in [0.5, 0.6) is 0 Å². The summed E-state index contributed by atoms with van der Waals surface area (Å²) in [6, 6.07) is 1.75. The predicted molar refractivity (Wildman–Crippen MR) is 124 cm³/mol. The van der Waals surface area contributed by atoms with Gasteiger partial charge in [-0.1, -0.05) is 26.8 Å². The van der Waals surface area contributed by atoms with Gasteiger partial charge >= 0.3 is 17.9 Å². The van der Waals surface area contributed by atoms with E-state index in [1.807, 2.05) is 20.8 Å². The molecule has 2 saturated carbocycles. The van der Waals surface area contributed by atoms with Crippen molar-refractivity contribution in [1.29, 1.82) is 0 Å². The van der Waals surface area contributed by atoms with Gasteiger partial charge in [0.2, 0.25) is 0 Å². The Morgan fingerprint density at radius 1 is 1.19 bits per heavy atom. The summed E-state index contributed by atoms with van der Waals surface area (Å²) < 4.78 is 29.6. The predicted octanol–water partition coefficient (Wildman–Crippen LogP) is 3.61. The highest BCUT2D eigenvalue weighted by molar-refractivity contribution is 5.88. The lowest BCUT2D eigenvalue weighted by molar-refractivity contribution is -0.281. The van der Waals surface area contributed by atoms with Gasteiger partial charge in [0.25, 0.3) is 0 Å². The molecular formula is C27H34O9. The molecular weight excluding hydrogens is 468 g/mol. The molecule has 196 valence electrons. The lowest BCUT2D eigenvalue weighted by atomic mass is 9.44. The molecule has 0 unspecified atom stereocenters. The highest BCUT2D eigenvalue weighted by Crippen LogP contribution is 2.79. The van der Waals surface area contributed by atoms with Crippen LogP contribution in [-0.2, 0) is 33.3 Å². The summed E-state index contributed by atoms with van der Waals surface area (Å²) in [5.74, 6) is -2.23. The van der Waals surface area contributed by atoms with Crippen LogP contribution in [-0.4, -0.2) is 47.1 Å². The maximum Gasteiger partial charge on any atom is 0.333 e. The van der Waals surface area contributed by atoms with Crippen molar-refractivity contribution < 1.29 is 42.9 Å². The summed E-state index contributed by atoms with van der Waals surface area (Å²) in [7, 11) is 0. The minimum Gasteiger partial charge on any atom is -0.472 e. The number of furan rings is 1. The first kappa shape index (κ1) is 25.0. The van der Waals surface area contributed by atoms with Gasteiger partial charge in [0.1, 0.15) is 23.7 Å². The molecule has 5 rings (SSSR count). The van der Waals surface area contributed by atoms with Gasteiger partial charge in [-0.2, -0.15) is 0 Å². The molecule has 1 aromatic rings. The first-order valence-electron chi connectivity index (χ1n) is 12.5. The molecule has 1 N–H and O–H groups in total. The average molecular weight is 503 g/mol. The number of ether oxygens (including phenoxy) is 4. The van der Waals surface area contributed by atoms with E-state index in [9.17, 15) is 19.5 Å². The number of cyclic esters (lactones) is 1. The highest BCUT2D eigenvalue weighted by Gasteiger charge is 2.89. The molecule has 1 aromatic heterocycles. The number of carbonyl (C=O) groups excluding carboxylic acids is 3. The molecule has 2 saturated heterocycles. The fourth-order valence-corrected chi connectivity index (χ4v) is 7.74. The van der Waals surface area contributed by atoms with Gasteiger partial charge in [-0.3, -0.25) is 9.59 Å². The zero-order valence-corrected chi connectivity index (χ0v) is 21.5. The first-order valence-corrected chi connectivity index (χ1v) is 12.5. The zero-order valence-electron chi connectivity index (χ0n) is 21.5. The lowest BCUT2D eigenvalue weighted by Gasteiger charge is -2.61. The zero-order chi connectivity index (χ0) is 26.3. The van der Waals surface area contributed by atoms with Crippen LogP contribution in [0.3, 0.4) is 0 Å². The fourth-order valence-electron chi connectivity index (χ4n) is 7.74. The third kappa shape index (κ3) is 2.76. The summed E-state index contributed by atoms with van der Waals surface area (Å²) in [4.78, 5) is 39.4. The van der Waals surface area contributed by atoms with E-state index in [2.05, 4.69) is 0 Å². The van der Waals surface area contributed by atoms with Crippen molar-refractivity contribution in [2.45, 2.75) is 91.0 Å². The number of hydrogen-bond acceptors (Lipinski definition) is 9. The van der Waals surface area contributed by atoms with Gasteiger partial charge in [0.15, 0.2) is 6.29 Å². The van der Waals surface area contributed by atoms with E-state index in [0.29, 0.717) is 24.0 Å². The van der Waals surface area contributed by atoms with Crippen molar-refractivity contribution in [1.82, 2.24) is 0 Å². The Kier molecular flexibility index (Phi) is 5.51. The fraction of sp³-hybridized carbons (Fsp3) is 0.667. The van der Waals surface area contributed by atoms with Crippen LogP contribution in [0.25, 0.3) is 0 Å². The standard InChI is InChI=1S/C27H34O9/c1-7-14(2)21(29)35-19-15(3)26(12-18(34-23(26)31)17-8-11-32-13-17)27-10-9-24(5,22(30)36-27)25(27,6)20(19)33-16(4)28/h7-8,11,13,15,18-20,22,30H,9-10,12H2,1-6H3/b14-7-/t15-,18-,19-,20-,22-,24+,25-,26+,27+/m1/s1. The number of aliphatic hydroxyl groups excluding tert-OH is 1. The van der Waals surface area contributed by atoms with E-state index in [4.69, 9.17) is 23.4 Å². The second-order valence-corrected chi connectivity index (χ2v) is 11.2. The van der Waals surface area contributed by atoms with E-state index >= 15 is 0 Å². The number of allylic oxidation sites excluding steroid dienone is 1. The van der Waals surface area contributed by atoms with Crippen LogP contribution in [0, 0.1) is 22.2 Å². The third-order valence-corrected chi connectivity index (χ3v) is 10.1. The lowest BCUT2D eigenvalue weighted by Crippen LogP contribution is -2.73. The SMILES string of the molecule is C/C=C(/C)C(=O)O[C@H]1[C@@H](OC(C)=O)[C@@]2(C)[C@@]3(CC[C@@]2(C)[C@H](O)O3)[C@@]2(C[C@H](c3ccoc3)OC2=O)[C@@H]1C. The molecule has 2 aliphatic heterocycles. The third-order valence-electron chi connectivity index (χ3n) is 10.1. The number of esters is 3. The Morgan fingerprint density at radius 2 is 1.92 bits per heavy atom. The van der Waals surface area contributed by atoms with Crippen LogP contribution >= 0.6 is 0 Å². The van der Waals surface area contributed by atoms with Crippen LogP contribution in [0.2, 0.25) is 0 Å². The average Bonchev–Trinajstić information content (AvgIpc) is 3.56. The molecule has 9 heteroatoms. The molecule has 9 nitrogen and oxygen atoms in total. The maximum absolute atomic E-state index is 14.0. The Hall–Kier alpha value is -2.65. The Bertz CT molecular complexity index is 1120. The minimum absolute atomic E-state index is 0.244. The van der Waals surface area contributed by atoms with E-state index in [-0.39, 0.29) is 6.42 Å². The van der Waals surface area contributed by atoms with Gasteiger partial charge in [-0.15, -0.1) is 0 Å².